The van der Waals surface area contributed by atoms with Crippen molar-refractivity contribution < 1.29 is 0 Å². The zero-order valence-electron chi connectivity index (χ0n) is 15.1. The van der Waals surface area contributed by atoms with Gasteiger partial charge in [-0.3, -0.25) is 0 Å². The average Bonchev–Trinajstić information content (AvgIpc) is 3.18. The highest BCUT2D eigenvalue weighted by molar-refractivity contribution is 5.95. The molecule has 25 heavy (non-hydrogen) atoms. The fraction of sp³-hybridized carbons (Fsp3) is 0.318. The van der Waals surface area contributed by atoms with E-state index in [1.54, 1.807) is 0 Å². The number of likely N-dealkylation sites (N-methyl/N-ethyl adjacent to an activating group) is 1. The topological polar surface area (TPSA) is 32.0 Å². The van der Waals surface area contributed by atoms with Gasteiger partial charge in [0.1, 0.15) is 6.07 Å². The van der Waals surface area contributed by atoms with Gasteiger partial charge in [0.05, 0.1) is 16.8 Å². The predicted octanol–water partition coefficient (Wildman–Crippen LogP) is 4.89. The van der Waals surface area contributed by atoms with E-state index < -0.39 is 0 Å². The number of aryl methyl sites for hydroxylation is 2. The predicted molar refractivity (Wildman–Crippen MR) is 104 cm³/mol. The summed E-state index contributed by atoms with van der Waals surface area (Å²) in [5.41, 5.74) is 8.11. The Morgan fingerprint density at radius 2 is 1.92 bits per heavy atom. The zero-order chi connectivity index (χ0) is 17.6. The zero-order valence-corrected chi connectivity index (χ0v) is 15.1. The number of nitriles is 1. The van der Waals surface area contributed by atoms with Crippen LogP contribution in [-0.2, 0) is 13.0 Å². The number of nitrogens with zero attached hydrogens (tertiary/aromatic N) is 3. The summed E-state index contributed by atoms with van der Waals surface area (Å²) >= 11 is 0. The summed E-state index contributed by atoms with van der Waals surface area (Å²) in [5, 5.41) is 10.9. The minimum Gasteiger partial charge on any atom is -0.371 e. The van der Waals surface area contributed by atoms with Crippen molar-refractivity contribution in [3.05, 3.63) is 53.1 Å². The molecule has 0 fully saturated rings. The number of rotatable bonds is 3. The summed E-state index contributed by atoms with van der Waals surface area (Å²) in [6.45, 7) is 9.43. The smallest absolute Gasteiger partial charge is 0.102 e. The Hall–Kier alpha value is -2.73. The highest BCUT2D eigenvalue weighted by Crippen LogP contribution is 2.38. The summed E-state index contributed by atoms with van der Waals surface area (Å²) in [6.07, 6.45) is 1.12. The van der Waals surface area contributed by atoms with Gasteiger partial charge in [-0.25, -0.2) is 0 Å². The SMILES string of the molecule is CCN1CCc2ccc(-c3c(C#N)c4ccc(C)cc4n3CC)cc21. The molecule has 3 aromatic rings. The fourth-order valence-corrected chi connectivity index (χ4v) is 4.12. The van der Waals surface area contributed by atoms with Gasteiger partial charge in [-0.05, 0) is 50.5 Å². The van der Waals surface area contributed by atoms with E-state index in [0.29, 0.717) is 0 Å². The van der Waals surface area contributed by atoms with Crippen LogP contribution >= 0.6 is 0 Å². The molecule has 0 radical (unpaired) electrons. The molecule has 2 heterocycles. The van der Waals surface area contributed by atoms with Crippen LogP contribution in [0.4, 0.5) is 5.69 Å². The van der Waals surface area contributed by atoms with Crippen molar-refractivity contribution in [2.75, 3.05) is 18.0 Å². The quantitative estimate of drug-likeness (QED) is 0.685. The molecular weight excluding hydrogens is 306 g/mol. The minimum absolute atomic E-state index is 0.790. The van der Waals surface area contributed by atoms with E-state index in [-0.39, 0.29) is 0 Å². The third kappa shape index (κ3) is 2.33. The lowest BCUT2D eigenvalue weighted by atomic mass is 10.0. The molecule has 2 aromatic carbocycles. The van der Waals surface area contributed by atoms with E-state index in [0.717, 1.165) is 53.8 Å². The van der Waals surface area contributed by atoms with Crippen LogP contribution in [0.15, 0.2) is 36.4 Å². The summed E-state index contributed by atoms with van der Waals surface area (Å²) in [7, 11) is 0. The molecule has 126 valence electrons. The lowest BCUT2D eigenvalue weighted by Gasteiger charge is -2.18. The van der Waals surface area contributed by atoms with Crippen LogP contribution in [0, 0.1) is 18.3 Å². The number of aromatic nitrogens is 1. The Balaban J connectivity index is 2.00. The van der Waals surface area contributed by atoms with E-state index in [1.807, 2.05) is 0 Å². The third-order valence-electron chi connectivity index (χ3n) is 5.38. The second-order valence-electron chi connectivity index (χ2n) is 6.77. The first-order valence-corrected chi connectivity index (χ1v) is 9.09. The maximum atomic E-state index is 9.87. The minimum atomic E-state index is 0.790. The molecular formula is C22H23N3. The summed E-state index contributed by atoms with van der Waals surface area (Å²) in [6, 6.07) is 15.5. The molecule has 0 bridgehead atoms. The van der Waals surface area contributed by atoms with Crippen LogP contribution in [0.2, 0.25) is 0 Å². The van der Waals surface area contributed by atoms with Crippen LogP contribution in [0.1, 0.15) is 30.5 Å². The first-order chi connectivity index (χ1) is 12.2. The molecule has 0 amide bonds. The third-order valence-corrected chi connectivity index (χ3v) is 5.38. The molecule has 0 saturated heterocycles. The van der Waals surface area contributed by atoms with Gasteiger partial charge >= 0.3 is 0 Å². The van der Waals surface area contributed by atoms with Gasteiger partial charge < -0.3 is 9.47 Å². The molecule has 0 saturated carbocycles. The molecule has 0 N–H and O–H groups in total. The Morgan fingerprint density at radius 1 is 1.08 bits per heavy atom. The Bertz CT molecular complexity index is 1000. The molecule has 3 nitrogen and oxygen atoms in total. The summed E-state index contributed by atoms with van der Waals surface area (Å²) < 4.78 is 2.29. The van der Waals surface area contributed by atoms with Crippen molar-refractivity contribution >= 4 is 16.6 Å². The maximum Gasteiger partial charge on any atom is 0.102 e. The largest absolute Gasteiger partial charge is 0.371 e. The summed E-state index contributed by atoms with van der Waals surface area (Å²) in [4.78, 5) is 2.42. The number of benzene rings is 2. The lowest BCUT2D eigenvalue weighted by molar-refractivity contribution is 0.804. The van der Waals surface area contributed by atoms with Crippen LogP contribution in [0.5, 0.6) is 0 Å². The first-order valence-electron chi connectivity index (χ1n) is 9.09. The van der Waals surface area contributed by atoms with E-state index in [1.165, 1.54) is 16.8 Å². The molecule has 0 unspecified atom stereocenters. The van der Waals surface area contributed by atoms with E-state index in [2.05, 4.69) is 72.7 Å². The van der Waals surface area contributed by atoms with Gasteiger partial charge in [-0.1, -0.05) is 24.3 Å². The number of hydrogen-bond donors (Lipinski definition) is 0. The normalized spacial score (nSPS) is 13.3. The van der Waals surface area contributed by atoms with Gasteiger partial charge in [0.2, 0.25) is 0 Å². The average molecular weight is 329 g/mol. The highest BCUT2D eigenvalue weighted by Gasteiger charge is 2.22. The first kappa shape index (κ1) is 15.8. The van der Waals surface area contributed by atoms with Crippen LogP contribution in [0.3, 0.4) is 0 Å². The second kappa shape index (κ2) is 5.97. The highest BCUT2D eigenvalue weighted by atomic mass is 15.1. The van der Waals surface area contributed by atoms with Crippen molar-refractivity contribution in [2.45, 2.75) is 33.7 Å². The Morgan fingerprint density at radius 3 is 2.64 bits per heavy atom. The van der Waals surface area contributed by atoms with E-state index in [9.17, 15) is 5.26 Å². The van der Waals surface area contributed by atoms with E-state index >= 15 is 0 Å². The molecule has 4 rings (SSSR count). The van der Waals surface area contributed by atoms with Gasteiger partial charge in [-0.2, -0.15) is 5.26 Å². The second-order valence-corrected chi connectivity index (χ2v) is 6.77. The van der Waals surface area contributed by atoms with Gasteiger partial charge in [0.15, 0.2) is 0 Å². The molecule has 1 aromatic heterocycles. The molecule has 0 spiro atoms. The number of hydrogen-bond acceptors (Lipinski definition) is 2. The van der Waals surface area contributed by atoms with Gasteiger partial charge in [-0.15, -0.1) is 0 Å². The van der Waals surface area contributed by atoms with Crippen LogP contribution in [0.25, 0.3) is 22.2 Å². The molecule has 0 aliphatic carbocycles. The molecule has 1 aliphatic rings. The standard InChI is InChI=1S/C22H23N3/c1-4-24-11-10-16-7-8-17(13-20(16)24)22-19(14-23)18-9-6-15(3)12-21(18)25(22)5-2/h6-9,12-13H,4-5,10-11H2,1-3H3. The Labute approximate surface area is 149 Å². The molecule has 1 aliphatic heterocycles. The Kier molecular flexibility index (Phi) is 3.77. The van der Waals surface area contributed by atoms with Gasteiger partial charge in [0, 0.05) is 36.3 Å². The maximum absolute atomic E-state index is 9.87. The van der Waals surface area contributed by atoms with Crippen LogP contribution in [-0.4, -0.2) is 17.7 Å². The monoisotopic (exact) mass is 329 g/mol. The van der Waals surface area contributed by atoms with Crippen molar-refractivity contribution in [3.8, 4) is 17.3 Å². The lowest BCUT2D eigenvalue weighted by Crippen LogP contribution is -2.19. The fourth-order valence-electron chi connectivity index (χ4n) is 4.12. The number of fused-ring (bicyclic) bond motifs is 2. The summed E-state index contributed by atoms with van der Waals surface area (Å²) in [5.74, 6) is 0. The molecule has 3 heteroatoms. The van der Waals surface area contributed by atoms with Crippen molar-refractivity contribution in [1.29, 1.82) is 5.26 Å². The van der Waals surface area contributed by atoms with Crippen LogP contribution < -0.4 is 4.90 Å². The van der Waals surface area contributed by atoms with Gasteiger partial charge in [0.25, 0.3) is 0 Å². The van der Waals surface area contributed by atoms with Crippen molar-refractivity contribution in [1.82, 2.24) is 4.57 Å². The van der Waals surface area contributed by atoms with E-state index in [4.69, 9.17) is 0 Å². The van der Waals surface area contributed by atoms with Crippen molar-refractivity contribution in [2.24, 2.45) is 0 Å². The van der Waals surface area contributed by atoms with Crippen molar-refractivity contribution in [3.63, 3.8) is 0 Å². The number of anilines is 1. The molecule has 0 atom stereocenters.